The van der Waals surface area contributed by atoms with Gasteiger partial charge in [0.25, 0.3) is 10.2 Å². The van der Waals surface area contributed by atoms with Crippen molar-refractivity contribution in [1.29, 1.82) is 0 Å². The van der Waals surface area contributed by atoms with Crippen LogP contribution < -0.4 is 0 Å². The monoisotopic (exact) mass is 388 g/mol. The molecule has 0 radical (unpaired) electrons. The number of hydrogen-bond donors (Lipinski definition) is 1. The first kappa shape index (κ1) is 19.5. The predicted molar refractivity (Wildman–Crippen MR) is 104 cm³/mol. The summed E-state index contributed by atoms with van der Waals surface area (Å²) < 4.78 is 28.9. The SMILES string of the molecule is CN(Cc1ccccc1)S(=O)(=O)N1CCC[C@@H](c2cccc(C(=O)O)c2)C1. The summed E-state index contributed by atoms with van der Waals surface area (Å²) in [6.45, 7) is 1.17. The van der Waals surface area contributed by atoms with Crippen molar-refractivity contribution < 1.29 is 18.3 Å². The van der Waals surface area contributed by atoms with E-state index in [1.807, 2.05) is 36.4 Å². The van der Waals surface area contributed by atoms with Crippen molar-refractivity contribution in [2.45, 2.75) is 25.3 Å². The minimum absolute atomic E-state index is 0.00190. The van der Waals surface area contributed by atoms with Crippen molar-refractivity contribution in [3.8, 4) is 0 Å². The minimum Gasteiger partial charge on any atom is -0.478 e. The number of rotatable bonds is 6. The highest BCUT2D eigenvalue weighted by atomic mass is 32.2. The second-order valence-corrected chi connectivity index (χ2v) is 8.91. The van der Waals surface area contributed by atoms with Crippen molar-refractivity contribution in [3.63, 3.8) is 0 Å². The Balaban J connectivity index is 1.74. The van der Waals surface area contributed by atoms with E-state index in [0.717, 1.165) is 24.0 Å². The van der Waals surface area contributed by atoms with Crippen LogP contribution in [0.15, 0.2) is 54.6 Å². The average molecular weight is 388 g/mol. The van der Waals surface area contributed by atoms with Gasteiger partial charge in [0.2, 0.25) is 0 Å². The summed E-state index contributed by atoms with van der Waals surface area (Å²) in [7, 11) is -1.98. The molecule has 7 heteroatoms. The molecule has 1 aliphatic rings. The number of carboxylic acid groups (broad SMARTS) is 1. The van der Waals surface area contributed by atoms with E-state index < -0.39 is 16.2 Å². The molecule has 0 amide bonds. The Morgan fingerprint density at radius 1 is 1.19 bits per heavy atom. The Bertz CT molecular complexity index is 899. The molecule has 3 rings (SSSR count). The number of piperidine rings is 1. The van der Waals surface area contributed by atoms with Gasteiger partial charge in [0.15, 0.2) is 0 Å². The van der Waals surface area contributed by atoms with Crippen LogP contribution in [0.5, 0.6) is 0 Å². The van der Waals surface area contributed by atoms with Crippen molar-refractivity contribution in [3.05, 3.63) is 71.3 Å². The van der Waals surface area contributed by atoms with E-state index in [1.54, 1.807) is 25.2 Å². The van der Waals surface area contributed by atoms with E-state index in [4.69, 9.17) is 0 Å². The number of nitrogens with zero attached hydrogens (tertiary/aromatic N) is 2. The molecule has 0 aromatic heterocycles. The Morgan fingerprint density at radius 2 is 1.93 bits per heavy atom. The number of hydrogen-bond acceptors (Lipinski definition) is 3. The lowest BCUT2D eigenvalue weighted by Crippen LogP contribution is -2.45. The van der Waals surface area contributed by atoms with Crippen molar-refractivity contribution in [2.24, 2.45) is 0 Å². The number of carbonyl (C=O) groups is 1. The van der Waals surface area contributed by atoms with Gasteiger partial charge >= 0.3 is 5.97 Å². The van der Waals surface area contributed by atoms with Crippen LogP contribution in [0.25, 0.3) is 0 Å². The van der Waals surface area contributed by atoms with Crippen molar-refractivity contribution in [1.82, 2.24) is 8.61 Å². The molecule has 2 aromatic carbocycles. The van der Waals surface area contributed by atoms with Gasteiger partial charge in [-0.05, 0) is 42.0 Å². The molecular weight excluding hydrogens is 364 g/mol. The second-order valence-electron chi connectivity index (χ2n) is 6.88. The summed E-state index contributed by atoms with van der Waals surface area (Å²) in [6.07, 6.45) is 1.60. The van der Waals surface area contributed by atoms with Crippen molar-refractivity contribution in [2.75, 3.05) is 20.1 Å². The first-order valence-corrected chi connectivity index (χ1v) is 10.4. The number of aromatic carboxylic acids is 1. The van der Waals surface area contributed by atoms with Gasteiger partial charge in [-0.2, -0.15) is 17.0 Å². The van der Waals surface area contributed by atoms with Crippen LogP contribution >= 0.6 is 0 Å². The molecule has 0 aliphatic carbocycles. The standard InChI is InChI=1S/C20H24N2O4S/c1-21(14-16-7-3-2-4-8-16)27(25,26)22-12-6-11-19(15-22)17-9-5-10-18(13-17)20(23)24/h2-5,7-10,13,19H,6,11-12,14-15H2,1H3,(H,23,24)/t19-/m1/s1. The van der Waals surface area contributed by atoms with E-state index >= 15 is 0 Å². The van der Waals surface area contributed by atoms with Gasteiger partial charge in [-0.1, -0.05) is 42.5 Å². The Kier molecular flexibility index (Phi) is 5.94. The zero-order valence-electron chi connectivity index (χ0n) is 15.3. The largest absolute Gasteiger partial charge is 0.478 e. The van der Waals surface area contributed by atoms with E-state index in [2.05, 4.69) is 0 Å². The summed E-state index contributed by atoms with van der Waals surface area (Å²) >= 11 is 0. The van der Waals surface area contributed by atoms with Crippen LogP contribution in [0.4, 0.5) is 0 Å². The van der Waals surface area contributed by atoms with Gasteiger partial charge in [0, 0.05) is 26.7 Å². The molecule has 0 saturated carbocycles. The molecule has 1 heterocycles. The van der Waals surface area contributed by atoms with E-state index in [9.17, 15) is 18.3 Å². The lowest BCUT2D eigenvalue weighted by atomic mass is 9.91. The average Bonchev–Trinajstić information content (AvgIpc) is 2.69. The summed E-state index contributed by atoms with van der Waals surface area (Å²) in [5, 5.41) is 9.19. The van der Waals surface area contributed by atoms with Crippen LogP contribution in [0.1, 0.15) is 40.2 Å². The first-order chi connectivity index (χ1) is 12.9. The van der Waals surface area contributed by atoms with E-state index in [1.165, 1.54) is 8.61 Å². The van der Waals surface area contributed by atoms with Crippen LogP contribution in [0, 0.1) is 0 Å². The molecular formula is C20H24N2O4S. The summed E-state index contributed by atoms with van der Waals surface area (Å²) in [5.41, 5.74) is 2.04. The smallest absolute Gasteiger partial charge is 0.335 e. The normalized spacial score (nSPS) is 18.5. The first-order valence-electron chi connectivity index (χ1n) is 8.96. The molecule has 2 aromatic rings. The maximum Gasteiger partial charge on any atom is 0.335 e. The van der Waals surface area contributed by atoms with E-state index in [0.29, 0.717) is 19.6 Å². The van der Waals surface area contributed by atoms with Crippen LogP contribution in [0.3, 0.4) is 0 Å². The molecule has 0 bridgehead atoms. The van der Waals surface area contributed by atoms with Gasteiger partial charge in [-0.15, -0.1) is 0 Å². The van der Waals surface area contributed by atoms with Crippen LogP contribution in [-0.4, -0.2) is 48.2 Å². The van der Waals surface area contributed by atoms with Gasteiger partial charge in [0.05, 0.1) is 5.56 Å². The molecule has 144 valence electrons. The van der Waals surface area contributed by atoms with Crippen LogP contribution in [-0.2, 0) is 16.8 Å². The molecule has 1 atom stereocenters. The molecule has 1 aliphatic heterocycles. The molecule has 1 saturated heterocycles. The summed E-state index contributed by atoms with van der Waals surface area (Å²) in [6, 6.07) is 16.3. The third-order valence-electron chi connectivity index (χ3n) is 4.96. The second kappa shape index (κ2) is 8.21. The summed E-state index contributed by atoms with van der Waals surface area (Å²) in [5.74, 6) is -0.974. The molecule has 0 spiro atoms. The quantitative estimate of drug-likeness (QED) is 0.825. The zero-order chi connectivity index (χ0) is 19.4. The minimum atomic E-state index is -3.58. The highest BCUT2D eigenvalue weighted by Gasteiger charge is 2.32. The van der Waals surface area contributed by atoms with Gasteiger partial charge in [-0.3, -0.25) is 0 Å². The highest BCUT2D eigenvalue weighted by molar-refractivity contribution is 7.86. The van der Waals surface area contributed by atoms with Crippen LogP contribution in [0.2, 0.25) is 0 Å². The Hall–Kier alpha value is -2.22. The molecule has 1 N–H and O–H groups in total. The molecule has 1 fully saturated rings. The third-order valence-corrected chi connectivity index (χ3v) is 6.86. The predicted octanol–water partition coefficient (Wildman–Crippen LogP) is 2.94. The maximum absolute atomic E-state index is 13.0. The topological polar surface area (TPSA) is 77.9 Å². The van der Waals surface area contributed by atoms with Crippen molar-refractivity contribution >= 4 is 16.2 Å². The number of carboxylic acids is 1. The Labute approximate surface area is 160 Å². The lowest BCUT2D eigenvalue weighted by molar-refractivity contribution is 0.0696. The van der Waals surface area contributed by atoms with E-state index in [-0.39, 0.29) is 11.5 Å². The Morgan fingerprint density at radius 3 is 2.63 bits per heavy atom. The van der Waals surface area contributed by atoms with Gasteiger partial charge < -0.3 is 5.11 Å². The fraction of sp³-hybridized carbons (Fsp3) is 0.350. The molecule has 0 unspecified atom stereocenters. The zero-order valence-corrected chi connectivity index (χ0v) is 16.1. The number of benzene rings is 2. The fourth-order valence-electron chi connectivity index (χ4n) is 3.47. The van der Waals surface area contributed by atoms with Gasteiger partial charge in [-0.25, -0.2) is 4.79 Å². The fourth-order valence-corrected chi connectivity index (χ4v) is 4.90. The molecule has 6 nitrogen and oxygen atoms in total. The molecule has 27 heavy (non-hydrogen) atoms. The van der Waals surface area contributed by atoms with Gasteiger partial charge in [0.1, 0.15) is 0 Å². The summed E-state index contributed by atoms with van der Waals surface area (Å²) in [4.78, 5) is 11.2. The third kappa shape index (κ3) is 4.55. The highest BCUT2D eigenvalue weighted by Crippen LogP contribution is 2.29. The maximum atomic E-state index is 13.0. The lowest BCUT2D eigenvalue weighted by Gasteiger charge is -2.34.